The van der Waals surface area contributed by atoms with Gasteiger partial charge in [0.1, 0.15) is 12.1 Å². The summed E-state index contributed by atoms with van der Waals surface area (Å²) in [6.07, 6.45) is 2.76. The van der Waals surface area contributed by atoms with Crippen LogP contribution >= 0.6 is 0 Å². The molecule has 2 rings (SSSR count). The molecule has 1 heterocycles. The van der Waals surface area contributed by atoms with Crippen LogP contribution in [0.15, 0.2) is 24.3 Å². The third-order valence-electron chi connectivity index (χ3n) is 4.51. The summed E-state index contributed by atoms with van der Waals surface area (Å²) in [5.41, 5.74) is 1.28. The standard InChI is InChI=1S/C19H27N3O3/c1-4-10-19(11-5-2)17(24)22(18(25)21-19)13-16(23)20-12-15-8-6-14(3)7-9-15/h6-9H,4-5,10-13H2,1-3H3,(H,20,23)(H,21,25). The topological polar surface area (TPSA) is 78.5 Å². The van der Waals surface area contributed by atoms with Gasteiger partial charge in [0.25, 0.3) is 5.91 Å². The van der Waals surface area contributed by atoms with Gasteiger partial charge in [-0.15, -0.1) is 0 Å². The zero-order valence-electron chi connectivity index (χ0n) is 15.2. The highest BCUT2D eigenvalue weighted by Gasteiger charge is 2.50. The lowest BCUT2D eigenvalue weighted by Gasteiger charge is -2.25. The number of amides is 4. The maximum Gasteiger partial charge on any atom is 0.325 e. The van der Waals surface area contributed by atoms with Crippen LogP contribution in [0, 0.1) is 6.92 Å². The van der Waals surface area contributed by atoms with Crippen molar-refractivity contribution in [1.29, 1.82) is 0 Å². The first-order valence-electron chi connectivity index (χ1n) is 8.88. The molecular weight excluding hydrogens is 318 g/mol. The fourth-order valence-corrected chi connectivity index (χ4v) is 3.24. The Morgan fingerprint density at radius 1 is 1.12 bits per heavy atom. The number of hydrogen-bond acceptors (Lipinski definition) is 3. The van der Waals surface area contributed by atoms with E-state index in [4.69, 9.17) is 0 Å². The summed E-state index contributed by atoms with van der Waals surface area (Å²) >= 11 is 0. The van der Waals surface area contributed by atoms with E-state index in [9.17, 15) is 14.4 Å². The Bertz CT molecular complexity index is 634. The lowest BCUT2D eigenvalue weighted by Crippen LogP contribution is -2.47. The molecule has 0 aromatic heterocycles. The molecule has 0 bridgehead atoms. The van der Waals surface area contributed by atoms with Crippen LogP contribution in [0.1, 0.15) is 50.7 Å². The zero-order valence-corrected chi connectivity index (χ0v) is 15.2. The minimum Gasteiger partial charge on any atom is -0.350 e. The molecule has 4 amide bonds. The van der Waals surface area contributed by atoms with Crippen molar-refractivity contribution in [2.45, 2.75) is 58.5 Å². The van der Waals surface area contributed by atoms with Crippen LogP contribution in [0.4, 0.5) is 4.79 Å². The molecule has 1 aromatic carbocycles. The van der Waals surface area contributed by atoms with Crippen LogP contribution in [0.2, 0.25) is 0 Å². The van der Waals surface area contributed by atoms with Gasteiger partial charge in [0.2, 0.25) is 5.91 Å². The molecule has 1 aromatic rings. The van der Waals surface area contributed by atoms with Gasteiger partial charge >= 0.3 is 6.03 Å². The van der Waals surface area contributed by atoms with Crippen LogP contribution in [-0.2, 0) is 16.1 Å². The highest BCUT2D eigenvalue weighted by molar-refractivity contribution is 6.09. The van der Waals surface area contributed by atoms with Gasteiger partial charge in [-0.05, 0) is 25.3 Å². The average molecular weight is 345 g/mol. The first kappa shape index (κ1) is 19.0. The molecule has 136 valence electrons. The third kappa shape index (κ3) is 4.38. The Morgan fingerprint density at radius 3 is 2.28 bits per heavy atom. The van der Waals surface area contributed by atoms with E-state index in [1.807, 2.05) is 45.0 Å². The predicted molar refractivity (Wildman–Crippen MR) is 95.8 cm³/mol. The van der Waals surface area contributed by atoms with Crippen molar-refractivity contribution in [3.63, 3.8) is 0 Å². The minimum atomic E-state index is -0.849. The normalized spacial score (nSPS) is 16.0. The quantitative estimate of drug-likeness (QED) is 0.711. The molecule has 0 unspecified atom stereocenters. The Labute approximate surface area is 149 Å². The monoisotopic (exact) mass is 345 g/mol. The number of carbonyl (C=O) groups is 3. The van der Waals surface area contributed by atoms with Crippen molar-refractivity contribution in [2.75, 3.05) is 6.54 Å². The summed E-state index contributed by atoms with van der Waals surface area (Å²) in [6, 6.07) is 7.36. The number of hydrogen-bond donors (Lipinski definition) is 2. The van der Waals surface area contributed by atoms with E-state index in [1.54, 1.807) is 0 Å². The number of aryl methyl sites for hydroxylation is 1. The van der Waals surface area contributed by atoms with E-state index in [1.165, 1.54) is 0 Å². The largest absolute Gasteiger partial charge is 0.350 e. The molecular formula is C19H27N3O3. The molecule has 2 N–H and O–H groups in total. The number of imide groups is 1. The maximum absolute atomic E-state index is 12.7. The van der Waals surface area contributed by atoms with Crippen LogP contribution in [0.25, 0.3) is 0 Å². The van der Waals surface area contributed by atoms with E-state index in [0.717, 1.165) is 28.9 Å². The molecule has 6 heteroatoms. The molecule has 25 heavy (non-hydrogen) atoms. The second-order valence-corrected chi connectivity index (χ2v) is 6.67. The van der Waals surface area contributed by atoms with E-state index < -0.39 is 11.6 Å². The third-order valence-corrected chi connectivity index (χ3v) is 4.51. The number of carbonyl (C=O) groups excluding carboxylic acids is 3. The highest BCUT2D eigenvalue weighted by atomic mass is 16.2. The maximum atomic E-state index is 12.7. The number of urea groups is 1. The minimum absolute atomic E-state index is 0.244. The highest BCUT2D eigenvalue weighted by Crippen LogP contribution is 2.27. The second kappa shape index (κ2) is 8.14. The molecule has 1 fully saturated rings. The fourth-order valence-electron chi connectivity index (χ4n) is 3.24. The Morgan fingerprint density at radius 2 is 1.72 bits per heavy atom. The van der Waals surface area contributed by atoms with E-state index >= 15 is 0 Å². The summed E-state index contributed by atoms with van der Waals surface area (Å²) in [4.78, 5) is 38.1. The van der Waals surface area contributed by atoms with Crippen LogP contribution in [0.3, 0.4) is 0 Å². The Hall–Kier alpha value is -2.37. The van der Waals surface area contributed by atoms with E-state index in [-0.39, 0.29) is 18.4 Å². The molecule has 1 saturated heterocycles. The van der Waals surface area contributed by atoms with Gasteiger partial charge in [-0.25, -0.2) is 4.79 Å². The van der Waals surface area contributed by atoms with Gasteiger partial charge in [0.15, 0.2) is 0 Å². The Balaban J connectivity index is 1.96. The summed E-state index contributed by atoms with van der Waals surface area (Å²) < 4.78 is 0. The predicted octanol–water partition coefficient (Wildman–Crippen LogP) is 2.50. The molecule has 6 nitrogen and oxygen atoms in total. The molecule has 0 radical (unpaired) electrons. The number of nitrogens with zero attached hydrogens (tertiary/aromatic N) is 1. The van der Waals surface area contributed by atoms with Gasteiger partial charge in [-0.3, -0.25) is 14.5 Å². The molecule has 0 atom stereocenters. The lowest BCUT2D eigenvalue weighted by molar-refractivity contribution is -0.135. The van der Waals surface area contributed by atoms with Crippen LogP contribution in [-0.4, -0.2) is 34.8 Å². The van der Waals surface area contributed by atoms with Crippen molar-refractivity contribution >= 4 is 17.8 Å². The number of nitrogens with one attached hydrogen (secondary N) is 2. The summed E-state index contributed by atoms with van der Waals surface area (Å²) in [5, 5.41) is 5.58. The molecule has 0 saturated carbocycles. The van der Waals surface area contributed by atoms with Crippen molar-refractivity contribution in [1.82, 2.24) is 15.5 Å². The van der Waals surface area contributed by atoms with Crippen molar-refractivity contribution in [2.24, 2.45) is 0 Å². The summed E-state index contributed by atoms with van der Waals surface area (Å²) in [6.45, 7) is 6.09. The van der Waals surface area contributed by atoms with Gasteiger partial charge in [-0.2, -0.15) is 0 Å². The zero-order chi connectivity index (χ0) is 18.4. The molecule has 1 aliphatic heterocycles. The lowest BCUT2D eigenvalue weighted by atomic mass is 9.88. The van der Waals surface area contributed by atoms with Gasteiger partial charge in [0, 0.05) is 6.54 Å². The van der Waals surface area contributed by atoms with Crippen LogP contribution < -0.4 is 10.6 Å². The van der Waals surface area contributed by atoms with Gasteiger partial charge in [-0.1, -0.05) is 56.5 Å². The Kier molecular flexibility index (Phi) is 6.17. The van der Waals surface area contributed by atoms with E-state index in [0.29, 0.717) is 19.4 Å². The first-order chi connectivity index (χ1) is 11.9. The number of benzene rings is 1. The smallest absolute Gasteiger partial charge is 0.325 e. The van der Waals surface area contributed by atoms with Crippen molar-refractivity contribution < 1.29 is 14.4 Å². The fraction of sp³-hybridized carbons (Fsp3) is 0.526. The number of rotatable bonds is 8. The van der Waals surface area contributed by atoms with Crippen LogP contribution in [0.5, 0.6) is 0 Å². The summed E-state index contributed by atoms with van der Waals surface area (Å²) in [7, 11) is 0. The average Bonchev–Trinajstić information content (AvgIpc) is 2.79. The van der Waals surface area contributed by atoms with E-state index in [2.05, 4.69) is 10.6 Å². The first-order valence-corrected chi connectivity index (χ1v) is 8.88. The van der Waals surface area contributed by atoms with Gasteiger partial charge < -0.3 is 10.6 Å². The SMILES string of the molecule is CCCC1(CCC)NC(=O)N(CC(=O)NCc2ccc(C)cc2)C1=O. The van der Waals surface area contributed by atoms with Crippen molar-refractivity contribution in [3.05, 3.63) is 35.4 Å². The molecule has 0 aliphatic carbocycles. The summed E-state index contributed by atoms with van der Waals surface area (Å²) in [5.74, 6) is -0.625. The second-order valence-electron chi connectivity index (χ2n) is 6.67. The van der Waals surface area contributed by atoms with Gasteiger partial charge in [0.05, 0.1) is 0 Å². The van der Waals surface area contributed by atoms with Crippen molar-refractivity contribution in [3.8, 4) is 0 Å². The molecule has 1 aliphatic rings. The molecule has 0 spiro atoms.